The van der Waals surface area contributed by atoms with Crippen molar-refractivity contribution in [1.29, 1.82) is 0 Å². The number of anilines is 2. The van der Waals surface area contributed by atoms with Crippen LogP contribution in [0.25, 0.3) is 0 Å². The van der Waals surface area contributed by atoms with Crippen LogP contribution in [-0.2, 0) is 21.3 Å². The Balaban J connectivity index is 1.34. The van der Waals surface area contributed by atoms with Gasteiger partial charge in [0.25, 0.3) is 21.8 Å². The summed E-state index contributed by atoms with van der Waals surface area (Å²) in [5.74, 6) is -0.527. The fraction of sp³-hybridized carbons (Fsp3) is 0.161. The number of morpholine rings is 1. The molecule has 40 heavy (non-hydrogen) atoms. The predicted octanol–water partition coefficient (Wildman–Crippen LogP) is 4.81. The predicted molar refractivity (Wildman–Crippen MR) is 154 cm³/mol. The Labute approximate surface area is 233 Å². The zero-order chi connectivity index (χ0) is 28.0. The molecule has 1 aliphatic heterocycles. The van der Waals surface area contributed by atoms with E-state index in [1.165, 1.54) is 4.31 Å². The van der Waals surface area contributed by atoms with Gasteiger partial charge in [0.05, 0.1) is 41.6 Å². The minimum atomic E-state index is -3.83. The van der Waals surface area contributed by atoms with E-state index < -0.39 is 10.0 Å². The summed E-state index contributed by atoms with van der Waals surface area (Å²) in [5.41, 5.74) is 2.48. The molecular weight excluding hydrogens is 526 g/mol. The molecule has 0 aromatic heterocycles. The van der Waals surface area contributed by atoms with Crippen LogP contribution in [0.2, 0.25) is 0 Å². The number of ether oxygens (including phenoxy) is 1. The van der Waals surface area contributed by atoms with Crippen molar-refractivity contribution >= 4 is 33.2 Å². The molecule has 204 valence electrons. The molecule has 5 rings (SSSR count). The van der Waals surface area contributed by atoms with Crippen molar-refractivity contribution in [2.75, 3.05) is 35.9 Å². The maximum Gasteiger partial charge on any atom is 0.264 e. The molecule has 1 fully saturated rings. The molecule has 9 heteroatoms. The summed E-state index contributed by atoms with van der Waals surface area (Å²) in [4.78, 5) is 28.1. The quantitative estimate of drug-likeness (QED) is 0.337. The first-order valence-electron chi connectivity index (χ1n) is 12.9. The van der Waals surface area contributed by atoms with Gasteiger partial charge in [-0.05, 0) is 54.1 Å². The van der Waals surface area contributed by atoms with Gasteiger partial charge in [-0.3, -0.25) is 13.9 Å². The van der Waals surface area contributed by atoms with Crippen molar-refractivity contribution in [1.82, 2.24) is 4.90 Å². The van der Waals surface area contributed by atoms with E-state index in [4.69, 9.17) is 4.74 Å². The summed E-state index contributed by atoms with van der Waals surface area (Å²) in [7, 11) is -3.83. The molecular formula is C31H29N3O5S. The fourth-order valence-corrected chi connectivity index (χ4v) is 5.94. The number of para-hydroxylation sites is 2. The van der Waals surface area contributed by atoms with Gasteiger partial charge in [0.1, 0.15) is 0 Å². The van der Waals surface area contributed by atoms with Gasteiger partial charge >= 0.3 is 0 Å². The molecule has 0 aliphatic carbocycles. The van der Waals surface area contributed by atoms with E-state index in [2.05, 4.69) is 5.32 Å². The van der Waals surface area contributed by atoms with Crippen LogP contribution in [0.15, 0.2) is 114 Å². The van der Waals surface area contributed by atoms with Crippen molar-refractivity contribution in [3.63, 3.8) is 0 Å². The number of hydrogen-bond donors (Lipinski definition) is 1. The number of sulfonamides is 1. The molecule has 1 saturated heterocycles. The smallest absolute Gasteiger partial charge is 0.264 e. The van der Waals surface area contributed by atoms with Crippen LogP contribution in [0, 0.1) is 0 Å². The highest BCUT2D eigenvalue weighted by Crippen LogP contribution is 2.26. The first kappa shape index (κ1) is 27.1. The molecule has 0 saturated carbocycles. The molecule has 4 aromatic rings. The van der Waals surface area contributed by atoms with Gasteiger partial charge in [0.15, 0.2) is 0 Å². The zero-order valence-electron chi connectivity index (χ0n) is 21.8. The first-order valence-corrected chi connectivity index (χ1v) is 14.4. The summed E-state index contributed by atoms with van der Waals surface area (Å²) in [6, 6.07) is 30.9. The maximum absolute atomic E-state index is 13.5. The Morgan fingerprint density at radius 2 is 1.38 bits per heavy atom. The largest absolute Gasteiger partial charge is 0.378 e. The highest BCUT2D eigenvalue weighted by molar-refractivity contribution is 7.92. The van der Waals surface area contributed by atoms with Gasteiger partial charge in [-0.2, -0.15) is 0 Å². The van der Waals surface area contributed by atoms with Crippen LogP contribution in [0.4, 0.5) is 11.4 Å². The number of hydrogen-bond acceptors (Lipinski definition) is 5. The summed E-state index contributed by atoms with van der Waals surface area (Å²) >= 11 is 0. The van der Waals surface area contributed by atoms with E-state index in [9.17, 15) is 18.0 Å². The van der Waals surface area contributed by atoms with Gasteiger partial charge in [0.2, 0.25) is 0 Å². The van der Waals surface area contributed by atoms with E-state index >= 15 is 0 Å². The molecule has 1 N–H and O–H groups in total. The lowest BCUT2D eigenvalue weighted by atomic mass is 10.1. The SMILES string of the molecule is O=C(Nc1ccccc1C(=O)N1CCOCC1)c1ccc(CN(c2ccccc2)S(=O)(=O)c2ccccc2)cc1. The first-order chi connectivity index (χ1) is 19.4. The van der Waals surface area contributed by atoms with Crippen molar-refractivity contribution in [2.24, 2.45) is 0 Å². The minimum Gasteiger partial charge on any atom is -0.378 e. The van der Waals surface area contributed by atoms with E-state index in [0.29, 0.717) is 54.4 Å². The van der Waals surface area contributed by atoms with Crippen LogP contribution in [0.1, 0.15) is 26.3 Å². The number of carbonyl (C=O) groups excluding carboxylic acids is 2. The fourth-order valence-electron chi connectivity index (χ4n) is 4.47. The molecule has 8 nitrogen and oxygen atoms in total. The highest BCUT2D eigenvalue weighted by atomic mass is 32.2. The average Bonchev–Trinajstić information content (AvgIpc) is 3.01. The van der Waals surface area contributed by atoms with Crippen LogP contribution >= 0.6 is 0 Å². The maximum atomic E-state index is 13.5. The number of amides is 2. The summed E-state index contributed by atoms with van der Waals surface area (Å²) < 4.78 is 33.8. The van der Waals surface area contributed by atoms with Gasteiger partial charge in [-0.1, -0.05) is 60.7 Å². The Morgan fingerprint density at radius 1 is 0.775 bits per heavy atom. The van der Waals surface area contributed by atoms with E-state index in [1.54, 1.807) is 108 Å². The Morgan fingerprint density at radius 3 is 2.05 bits per heavy atom. The molecule has 0 radical (unpaired) electrons. The number of benzene rings is 4. The van der Waals surface area contributed by atoms with Crippen LogP contribution < -0.4 is 9.62 Å². The van der Waals surface area contributed by atoms with Gasteiger partial charge in [-0.15, -0.1) is 0 Å². The molecule has 0 spiro atoms. The van der Waals surface area contributed by atoms with E-state index in [0.717, 1.165) is 0 Å². The van der Waals surface area contributed by atoms with E-state index in [1.807, 2.05) is 6.07 Å². The standard InChI is InChI=1S/C31H29N3O5S/c35-30(32-29-14-8-7-13-28(29)31(36)33-19-21-39-22-20-33)25-17-15-24(16-18-25)23-34(26-9-3-1-4-10-26)40(37,38)27-11-5-2-6-12-27/h1-18H,19-23H2,(H,32,35). The van der Waals surface area contributed by atoms with Crippen LogP contribution in [-0.4, -0.2) is 51.4 Å². The van der Waals surface area contributed by atoms with Gasteiger partial charge < -0.3 is 15.0 Å². The van der Waals surface area contributed by atoms with Crippen molar-refractivity contribution in [3.05, 3.63) is 126 Å². The van der Waals surface area contributed by atoms with E-state index in [-0.39, 0.29) is 23.3 Å². The normalized spacial score (nSPS) is 13.4. The van der Waals surface area contributed by atoms with Crippen LogP contribution in [0.3, 0.4) is 0 Å². The monoisotopic (exact) mass is 555 g/mol. The lowest BCUT2D eigenvalue weighted by molar-refractivity contribution is 0.0303. The lowest BCUT2D eigenvalue weighted by Gasteiger charge is -2.27. The van der Waals surface area contributed by atoms with Gasteiger partial charge in [-0.25, -0.2) is 8.42 Å². The van der Waals surface area contributed by atoms with Crippen molar-refractivity contribution in [2.45, 2.75) is 11.4 Å². The summed E-state index contributed by atoms with van der Waals surface area (Å²) in [6.45, 7) is 2.06. The summed E-state index contributed by atoms with van der Waals surface area (Å²) in [5, 5.41) is 2.85. The molecule has 0 bridgehead atoms. The second kappa shape index (κ2) is 12.1. The van der Waals surface area contributed by atoms with Crippen molar-refractivity contribution < 1.29 is 22.7 Å². The molecule has 1 aliphatic rings. The number of carbonyl (C=O) groups is 2. The summed E-state index contributed by atoms with van der Waals surface area (Å²) in [6.07, 6.45) is 0. The second-order valence-corrected chi connectivity index (χ2v) is 11.1. The number of nitrogens with one attached hydrogen (secondary N) is 1. The molecule has 2 amide bonds. The van der Waals surface area contributed by atoms with Crippen molar-refractivity contribution in [3.8, 4) is 0 Å². The highest BCUT2D eigenvalue weighted by Gasteiger charge is 2.25. The third-order valence-corrected chi connectivity index (χ3v) is 8.41. The lowest BCUT2D eigenvalue weighted by Crippen LogP contribution is -2.41. The molecule has 0 atom stereocenters. The Kier molecular flexibility index (Phi) is 8.23. The average molecular weight is 556 g/mol. The second-order valence-electron chi connectivity index (χ2n) is 9.26. The Bertz CT molecular complexity index is 1570. The minimum absolute atomic E-state index is 0.0834. The molecule has 0 unspecified atom stereocenters. The third-order valence-electron chi connectivity index (χ3n) is 6.62. The topological polar surface area (TPSA) is 96.0 Å². The Hall–Kier alpha value is -4.47. The number of nitrogens with zero attached hydrogens (tertiary/aromatic N) is 2. The molecule has 4 aromatic carbocycles. The zero-order valence-corrected chi connectivity index (χ0v) is 22.6. The van der Waals surface area contributed by atoms with Gasteiger partial charge in [0, 0.05) is 18.7 Å². The number of rotatable bonds is 8. The molecule has 1 heterocycles. The third kappa shape index (κ3) is 6.06. The van der Waals surface area contributed by atoms with Crippen LogP contribution in [0.5, 0.6) is 0 Å².